The molecule has 0 bridgehead atoms. The Kier molecular flexibility index (Phi) is 3.32. The van der Waals surface area contributed by atoms with Crippen molar-refractivity contribution in [2.75, 3.05) is 11.1 Å². The third kappa shape index (κ3) is 2.76. The Hall–Kier alpha value is -1.57. The van der Waals surface area contributed by atoms with Gasteiger partial charge in [-0.15, -0.1) is 0 Å². The highest BCUT2D eigenvalue weighted by Gasteiger charge is 2.10. The highest BCUT2D eigenvalue weighted by Crippen LogP contribution is 2.18. The van der Waals surface area contributed by atoms with Gasteiger partial charge in [0.2, 0.25) is 0 Å². The van der Waals surface area contributed by atoms with Gasteiger partial charge in [-0.2, -0.15) is 5.10 Å². The van der Waals surface area contributed by atoms with E-state index in [0.29, 0.717) is 11.5 Å². The molecule has 17 heavy (non-hydrogen) atoms. The number of carbonyl (C=O) groups is 1. The summed E-state index contributed by atoms with van der Waals surface area (Å²) in [5.41, 5.74) is 7.58. The van der Waals surface area contributed by atoms with Gasteiger partial charge in [0, 0.05) is 15.3 Å². The zero-order valence-electron chi connectivity index (χ0n) is 9.12. The monoisotopic (exact) mass is 342 g/mol. The first-order valence-corrected chi connectivity index (χ1v) is 6.02. The number of nitrogens with zero attached hydrogens (tertiary/aromatic N) is 1. The van der Waals surface area contributed by atoms with Gasteiger partial charge >= 0.3 is 0 Å². The van der Waals surface area contributed by atoms with Crippen molar-refractivity contribution in [3.05, 3.63) is 39.1 Å². The minimum Gasteiger partial charge on any atom is -0.382 e. The smallest absolute Gasteiger partial charge is 0.273 e. The molecule has 0 aliphatic rings. The largest absolute Gasteiger partial charge is 0.382 e. The van der Waals surface area contributed by atoms with E-state index in [2.05, 4.69) is 38.1 Å². The Labute approximate surface area is 112 Å². The van der Waals surface area contributed by atoms with Crippen LogP contribution < -0.4 is 11.1 Å². The fourth-order valence-corrected chi connectivity index (χ4v) is 1.86. The SMILES string of the molecule is Cc1ccc(I)cc1NC(=O)c1cc(N)n[nH]1. The lowest BCUT2D eigenvalue weighted by molar-refractivity contribution is 0.102. The summed E-state index contributed by atoms with van der Waals surface area (Å²) in [4.78, 5) is 11.9. The minimum absolute atomic E-state index is 0.251. The van der Waals surface area contributed by atoms with Crippen molar-refractivity contribution in [3.8, 4) is 0 Å². The van der Waals surface area contributed by atoms with Gasteiger partial charge in [-0.3, -0.25) is 9.89 Å². The summed E-state index contributed by atoms with van der Waals surface area (Å²) in [6.45, 7) is 1.94. The number of amides is 1. The number of H-pyrrole nitrogens is 1. The Morgan fingerprint density at radius 1 is 1.47 bits per heavy atom. The van der Waals surface area contributed by atoms with Crippen molar-refractivity contribution < 1.29 is 4.79 Å². The maximum Gasteiger partial charge on any atom is 0.273 e. The summed E-state index contributed by atoms with van der Waals surface area (Å²) >= 11 is 2.20. The van der Waals surface area contributed by atoms with E-state index in [-0.39, 0.29) is 5.91 Å². The number of hydrogen-bond acceptors (Lipinski definition) is 3. The molecular weight excluding hydrogens is 331 g/mol. The van der Waals surface area contributed by atoms with Crippen LogP contribution >= 0.6 is 22.6 Å². The average Bonchev–Trinajstić information content (AvgIpc) is 2.70. The van der Waals surface area contributed by atoms with E-state index in [9.17, 15) is 4.79 Å². The normalized spacial score (nSPS) is 10.2. The number of aromatic nitrogens is 2. The second-order valence-electron chi connectivity index (χ2n) is 3.62. The molecule has 0 saturated heterocycles. The summed E-state index contributed by atoms with van der Waals surface area (Å²) < 4.78 is 1.06. The molecule has 1 heterocycles. The van der Waals surface area contributed by atoms with Crippen LogP contribution in [0.5, 0.6) is 0 Å². The molecule has 2 aromatic rings. The van der Waals surface area contributed by atoms with Crippen LogP contribution in [0.1, 0.15) is 16.1 Å². The highest BCUT2D eigenvalue weighted by atomic mass is 127. The van der Waals surface area contributed by atoms with Gasteiger partial charge in [0.15, 0.2) is 0 Å². The topological polar surface area (TPSA) is 83.8 Å². The van der Waals surface area contributed by atoms with Gasteiger partial charge in [0.1, 0.15) is 11.5 Å². The second kappa shape index (κ2) is 4.74. The molecule has 4 N–H and O–H groups in total. The standard InChI is InChI=1S/C11H11IN4O/c1-6-2-3-7(12)4-8(6)14-11(17)9-5-10(13)16-15-9/h2-5H,1H3,(H,14,17)(H3,13,15,16). The number of nitrogen functional groups attached to an aromatic ring is 1. The molecule has 0 fully saturated rings. The number of carbonyl (C=O) groups excluding carboxylic acids is 1. The molecule has 0 saturated carbocycles. The van der Waals surface area contributed by atoms with Crippen molar-refractivity contribution in [1.82, 2.24) is 10.2 Å². The summed E-state index contributed by atoms with van der Waals surface area (Å²) in [6, 6.07) is 7.35. The molecule has 1 aromatic heterocycles. The maximum absolute atomic E-state index is 11.9. The van der Waals surface area contributed by atoms with Crippen molar-refractivity contribution >= 4 is 40.0 Å². The molecule has 6 heteroatoms. The highest BCUT2D eigenvalue weighted by molar-refractivity contribution is 14.1. The third-order valence-corrected chi connectivity index (χ3v) is 2.96. The lowest BCUT2D eigenvalue weighted by Gasteiger charge is -2.07. The lowest BCUT2D eigenvalue weighted by Crippen LogP contribution is -2.13. The van der Waals surface area contributed by atoms with Crippen molar-refractivity contribution in [1.29, 1.82) is 0 Å². The van der Waals surface area contributed by atoms with Crippen molar-refractivity contribution in [2.24, 2.45) is 0 Å². The molecule has 1 aromatic carbocycles. The van der Waals surface area contributed by atoms with E-state index in [0.717, 1.165) is 14.8 Å². The number of nitrogens with two attached hydrogens (primary N) is 1. The Morgan fingerprint density at radius 2 is 2.24 bits per heavy atom. The van der Waals surface area contributed by atoms with Gasteiger partial charge in [-0.25, -0.2) is 0 Å². The fraction of sp³-hybridized carbons (Fsp3) is 0.0909. The second-order valence-corrected chi connectivity index (χ2v) is 4.87. The maximum atomic E-state index is 11.9. The van der Waals surface area contributed by atoms with E-state index >= 15 is 0 Å². The molecule has 5 nitrogen and oxygen atoms in total. The van der Waals surface area contributed by atoms with Crippen LogP contribution in [0.15, 0.2) is 24.3 Å². The van der Waals surface area contributed by atoms with Crippen LogP contribution in [-0.4, -0.2) is 16.1 Å². The zero-order valence-corrected chi connectivity index (χ0v) is 11.3. The molecule has 0 aliphatic carbocycles. The van der Waals surface area contributed by atoms with Crippen LogP contribution in [0.25, 0.3) is 0 Å². The third-order valence-electron chi connectivity index (χ3n) is 2.29. The van der Waals surface area contributed by atoms with Crippen LogP contribution in [0.4, 0.5) is 11.5 Å². The number of hydrogen-bond donors (Lipinski definition) is 3. The fourth-order valence-electron chi connectivity index (χ4n) is 1.37. The molecule has 88 valence electrons. The van der Waals surface area contributed by atoms with Crippen LogP contribution in [-0.2, 0) is 0 Å². The Morgan fingerprint density at radius 3 is 2.88 bits per heavy atom. The van der Waals surface area contributed by atoms with E-state index in [1.807, 2.05) is 25.1 Å². The lowest BCUT2D eigenvalue weighted by atomic mass is 10.2. The number of aryl methyl sites for hydroxylation is 1. The summed E-state index contributed by atoms with van der Waals surface area (Å²) in [5.74, 6) is 0.0498. The van der Waals surface area contributed by atoms with E-state index in [1.165, 1.54) is 6.07 Å². The molecule has 1 amide bonds. The molecule has 0 spiro atoms. The first-order valence-electron chi connectivity index (χ1n) is 4.94. The van der Waals surface area contributed by atoms with Crippen molar-refractivity contribution in [2.45, 2.75) is 6.92 Å². The average molecular weight is 342 g/mol. The van der Waals surface area contributed by atoms with Crippen LogP contribution in [0.3, 0.4) is 0 Å². The summed E-state index contributed by atoms with van der Waals surface area (Å²) in [6.07, 6.45) is 0. The first kappa shape index (κ1) is 11.9. The van der Waals surface area contributed by atoms with E-state index < -0.39 is 0 Å². The van der Waals surface area contributed by atoms with Crippen LogP contribution in [0, 0.1) is 10.5 Å². The Balaban J connectivity index is 2.21. The number of anilines is 2. The molecule has 0 radical (unpaired) electrons. The van der Waals surface area contributed by atoms with Gasteiger partial charge in [-0.1, -0.05) is 6.07 Å². The number of halogens is 1. The predicted molar refractivity (Wildman–Crippen MR) is 74.8 cm³/mol. The number of aromatic amines is 1. The zero-order chi connectivity index (χ0) is 12.4. The number of rotatable bonds is 2. The first-order chi connectivity index (χ1) is 8.06. The molecule has 2 rings (SSSR count). The number of benzene rings is 1. The van der Waals surface area contributed by atoms with Crippen LogP contribution in [0.2, 0.25) is 0 Å². The van der Waals surface area contributed by atoms with Gasteiger partial charge in [-0.05, 0) is 47.2 Å². The van der Waals surface area contributed by atoms with Gasteiger partial charge in [0.25, 0.3) is 5.91 Å². The molecule has 0 unspecified atom stereocenters. The molecular formula is C11H11IN4O. The predicted octanol–water partition coefficient (Wildman–Crippen LogP) is 2.16. The van der Waals surface area contributed by atoms with Gasteiger partial charge in [0.05, 0.1) is 0 Å². The Bertz CT molecular complexity index is 564. The van der Waals surface area contributed by atoms with E-state index in [4.69, 9.17) is 5.73 Å². The van der Waals surface area contributed by atoms with Gasteiger partial charge < -0.3 is 11.1 Å². The minimum atomic E-state index is -0.251. The van der Waals surface area contributed by atoms with Crippen molar-refractivity contribution in [3.63, 3.8) is 0 Å². The quantitative estimate of drug-likeness (QED) is 0.732. The molecule has 0 aliphatic heterocycles. The molecule has 0 atom stereocenters. The summed E-state index contributed by atoms with van der Waals surface area (Å²) in [5, 5.41) is 9.09. The van der Waals surface area contributed by atoms with E-state index in [1.54, 1.807) is 0 Å². The number of nitrogens with one attached hydrogen (secondary N) is 2. The summed E-state index contributed by atoms with van der Waals surface area (Å²) in [7, 11) is 0.